The number of carbonyl (C=O) groups is 1. The van der Waals surface area contributed by atoms with Crippen molar-refractivity contribution in [3.8, 4) is 0 Å². The van der Waals surface area contributed by atoms with Crippen LogP contribution in [-0.4, -0.2) is 15.5 Å². The molecule has 0 aliphatic heterocycles. The number of rotatable bonds is 4. The van der Waals surface area contributed by atoms with E-state index in [1.54, 1.807) is 31.2 Å². The third kappa shape index (κ3) is 3.68. The fourth-order valence-electron chi connectivity index (χ4n) is 2.08. The van der Waals surface area contributed by atoms with Gasteiger partial charge in [0, 0.05) is 24.4 Å². The molecule has 0 fully saturated rings. The first-order valence-corrected chi connectivity index (χ1v) is 6.67. The molecule has 110 valence electrons. The van der Waals surface area contributed by atoms with Gasteiger partial charge in [-0.2, -0.15) is 4.98 Å². The van der Waals surface area contributed by atoms with Gasteiger partial charge in [-0.3, -0.25) is 9.36 Å². The first kappa shape index (κ1) is 14.8. The molecule has 0 unspecified atom stereocenters. The van der Waals surface area contributed by atoms with E-state index in [1.165, 1.54) is 4.57 Å². The van der Waals surface area contributed by atoms with E-state index in [1.807, 2.05) is 13.0 Å². The molecule has 1 aromatic heterocycles. The molecule has 1 amide bonds. The Bertz CT molecular complexity index is 722. The summed E-state index contributed by atoms with van der Waals surface area (Å²) in [5.74, 6) is -0.195. The van der Waals surface area contributed by atoms with Crippen LogP contribution in [0.1, 0.15) is 17.8 Å². The number of nitrogens with zero attached hydrogens (tertiary/aromatic N) is 2. The SMILES string of the molecule is Cc1cc(C)n(CCC(=O)Nc2ccccc2N)c(=O)n1. The average molecular weight is 286 g/mol. The van der Waals surface area contributed by atoms with Crippen molar-refractivity contribution in [3.63, 3.8) is 0 Å². The van der Waals surface area contributed by atoms with Crippen LogP contribution in [0.4, 0.5) is 11.4 Å². The molecule has 6 heteroatoms. The summed E-state index contributed by atoms with van der Waals surface area (Å²) >= 11 is 0. The Kier molecular flexibility index (Phi) is 4.37. The van der Waals surface area contributed by atoms with Crippen molar-refractivity contribution in [1.82, 2.24) is 9.55 Å². The van der Waals surface area contributed by atoms with Crippen LogP contribution in [0.5, 0.6) is 0 Å². The highest BCUT2D eigenvalue weighted by molar-refractivity contribution is 5.93. The van der Waals surface area contributed by atoms with Crippen molar-refractivity contribution in [2.24, 2.45) is 0 Å². The van der Waals surface area contributed by atoms with Crippen LogP contribution in [0, 0.1) is 13.8 Å². The number of nitrogens with two attached hydrogens (primary N) is 1. The zero-order valence-electron chi connectivity index (χ0n) is 12.1. The number of amides is 1. The van der Waals surface area contributed by atoms with E-state index in [-0.39, 0.29) is 24.6 Å². The minimum atomic E-state index is -0.334. The zero-order chi connectivity index (χ0) is 15.4. The van der Waals surface area contributed by atoms with E-state index in [0.717, 1.165) is 5.69 Å². The normalized spacial score (nSPS) is 10.4. The maximum Gasteiger partial charge on any atom is 0.347 e. The minimum absolute atomic E-state index is 0.180. The second-order valence-corrected chi connectivity index (χ2v) is 4.86. The number of hydrogen-bond donors (Lipinski definition) is 2. The van der Waals surface area contributed by atoms with E-state index in [4.69, 9.17) is 5.73 Å². The first-order valence-electron chi connectivity index (χ1n) is 6.67. The number of para-hydroxylation sites is 2. The lowest BCUT2D eigenvalue weighted by atomic mass is 10.2. The molecule has 0 saturated carbocycles. The molecule has 6 nitrogen and oxygen atoms in total. The molecule has 2 rings (SSSR count). The maximum atomic E-state index is 11.9. The summed E-state index contributed by atoms with van der Waals surface area (Å²) in [6.45, 7) is 3.88. The smallest absolute Gasteiger partial charge is 0.347 e. The van der Waals surface area contributed by atoms with Gasteiger partial charge in [0.25, 0.3) is 0 Å². The van der Waals surface area contributed by atoms with Crippen molar-refractivity contribution >= 4 is 17.3 Å². The van der Waals surface area contributed by atoms with Gasteiger partial charge in [0.2, 0.25) is 5.91 Å². The second-order valence-electron chi connectivity index (χ2n) is 4.86. The Morgan fingerprint density at radius 1 is 1.33 bits per heavy atom. The summed E-state index contributed by atoms with van der Waals surface area (Å²) in [7, 11) is 0. The van der Waals surface area contributed by atoms with Crippen LogP contribution in [0.25, 0.3) is 0 Å². The topological polar surface area (TPSA) is 90.0 Å². The van der Waals surface area contributed by atoms with Crippen molar-refractivity contribution in [1.29, 1.82) is 0 Å². The number of aryl methyl sites for hydroxylation is 2. The largest absolute Gasteiger partial charge is 0.397 e. The molecule has 0 aliphatic rings. The predicted molar refractivity (Wildman–Crippen MR) is 82.1 cm³/mol. The highest BCUT2D eigenvalue weighted by atomic mass is 16.2. The molecular formula is C15H18N4O2. The monoisotopic (exact) mass is 286 g/mol. The van der Waals surface area contributed by atoms with Gasteiger partial charge in [0.15, 0.2) is 0 Å². The van der Waals surface area contributed by atoms with Crippen molar-refractivity contribution in [3.05, 3.63) is 52.2 Å². The highest BCUT2D eigenvalue weighted by Gasteiger charge is 2.08. The lowest BCUT2D eigenvalue weighted by Gasteiger charge is -2.11. The molecule has 0 bridgehead atoms. The average Bonchev–Trinajstić information content (AvgIpc) is 2.40. The zero-order valence-corrected chi connectivity index (χ0v) is 12.1. The van der Waals surface area contributed by atoms with Crippen LogP contribution in [-0.2, 0) is 11.3 Å². The second kappa shape index (κ2) is 6.21. The number of nitrogens with one attached hydrogen (secondary N) is 1. The fraction of sp³-hybridized carbons (Fsp3) is 0.267. The summed E-state index contributed by atoms with van der Waals surface area (Å²) < 4.78 is 1.49. The summed E-state index contributed by atoms with van der Waals surface area (Å²) in [4.78, 5) is 27.6. The van der Waals surface area contributed by atoms with Gasteiger partial charge in [0.1, 0.15) is 0 Å². The van der Waals surface area contributed by atoms with E-state index in [9.17, 15) is 9.59 Å². The van der Waals surface area contributed by atoms with Crippen molar-refractivity contribution in [2.75, 3.05) is 11.1 Å². The van der Waals surface area contributed by atoms with Gasteiger partial charge in [0.05, 0.1) is 11.4 Å². The summed E-state index contributed by atoms with van der Waals surface area (Å²) in [5, 5.41) is 2.73. The summed E-state index contributed by atoms with van der Waals surface area (Å²) in [6, 6.07) is 8.86. The van der Waals surface area contributed by atoms with E-state index >= 15 is 0 Å². The number of nitrogen functional groups attached to an aromatic ring is 1. The van der Waals surface area contributed by atoms with Gasteiger partial charge < -0.3 is 11.1 Å². The molecule has 0 atom stereocenters. The van der Waals surface area contributed by atoms with Gasteiger partial charge >= 0.3 is 5.69 Å². The summed E-state index contributed by atoms with van der Waals surface area (Å²) in [5.41, 5.74) is 7.98. The Hall–Kier alpha value is -2.63. The van der Waals surface area contributed by atoms with Crippen LogP contribution >= 0.6 is 0 Å². The Balaban J connectivity index is 2.02. The van der Waals surface area contributed by atoms with E-state index in [0.29, 0.717) is 17.1 Å². The maximum absolute atomic E-state index is 11.9. The van der Waals surface area contributed by atoms with Crippen LogP contribution < -0.4 is 16.7 Å². The lowest BCUT2D eigenvalue weighted by Crippen LogP contribution is -2.27. The third-order valence-electron chi connectivity index (χ3n) is 3.14. The molecule has 0 spiro atoms. The number of benzene rings is 1. The number of hydrogen-bond acceptors (Lipinski definition) is 4. The van der Waals surface area contributed by atoms with Crippen LogP contribution in [0.15, 0.2) is 35.1 Å². The Morgan fingerprint density at radius 3 is 2.71 bits per heavy atom. The van der Waals surface area contributed by atoms with E-state index < -0.39 is 0 Å². The first-order chi connectivity index (χ1) is 9.97. The Morgan fingerprint density at radius 2 is 2.05 bits per heavy atom. The molecule has 1 aromatic carbocycles. The Labute approximate surface area is 122 Å². The van der Waals surface area contributed by atoms with Crippen molar-refractivity contribution in [2.45, 2.75) is 26.8 Å². The van der Waals surface area contributed by atoms with Crippen LogP contribution in [0.2, 0.25) is 0 Å². The molecule has 0 aliphatic carbocycles. The van der Waals surface area contributed by atoms with Crippen LogP contribution in [0.3, 0.4) is 0 Å². The number of carbonyl (C=O) groups excluding carboxylic acids is 1. The standard InChI is InChI=1S/C15H18N4O2/c1-10-9-11(2)19(15(21)17-10)8-7-14(20)18-13-6-4-3-5-12(13)16/h3-6,9H,7-8,16H2,1-2H3,(H,18,20). The summed E-state index contributed by atoms with van der Waals surface area (Å²) in [6.07, 6.45) is 0.180. The molecule has 2 aromatic rings. The van der Waals surface area contributed by atoms with Gasteiger partial charge in [-0.1, -0.05) is 12.1 Å². The number of anilines is 2. The number of aromatic nitrogens is 2. The van der Waals surface area contributed by atoms with E-state index in [2.05, 4.69) is 10.3 Å². The third-order valence-corrected chi connectivity index (χ3v) is 3.14. The molecule has 21 heavy (non-hydrogen) atoms. The molecular weight excluding hydrogens is 268 g/mol. The molecule has 1 heterocycles. The lowest BCUT2D eigenvalue weighted by molar-refractivity contribution is -0.116. The molecule has 0 saturated heterocycles. The highest BCUT2D eigenvalue weighted by Crippen LogP contribution is 2.16. The quantitative estimate of drug-likeness (QED) is 0.833. The van der Waals surface area contributed by atoms with Gasteiger partial charge in [-0.25, -0.2) is 4.79 Å². The van der Waals surface area contributed by atoms with Gasteiger partial charge in [-0.05, 0) is 32.0 Å². The predicted octanol–water partition coefficient (Wildman–Crippen LogP) is 1.47. The molecule has 3 N–H and O–H groups in total. The molecule has 0 radical (unpaired) electrons. The minimum Gasteiger partial charge on any atom is -0.397 e. The van der Waals surface area contributed by atoms with Gasteiger partial charge in [-0.15, -0.1) is 0 Å². The van der Waals surface area contributed by atoms with Crippen molar-refractivity contribution < 1.29 is 4.79 Å². The fourth-order valence-corrected chi connectivity index (χ4v) is 2.08.